The Morgan fingerprint density at radius 2 is 1.81 bits per heavy atom. The fourth-order valence-electron chi connectivity index (χ4n) is 3.19. The zero-order valence-corrected chi connectivity index (χ0v) is 17.5. The van der Waals surface area contributed by atoms with Crippen LogP contribution in [0.1, 0.15) is 10.4 Å². The number of hydrogen-bond donors (Lipinski definition) is 1. The third-order valence-electron chi connectivity index (χ3n) is 4.67. The normalized spacial score (nSPS) is 11.0. The number of para-hydroxylation sites is 1. The molecule has 1 amide bonds. The molecule has 0 atom stereocenters. The number of nitrogens with zero attached hydrogens (tertiary/aromatic N) is 3. The van der Waals surface area contributed by atoms with E-state index in [1.54, 1.807) is 29.1 Å². The number of carbonyl (C=O) groups excluding carboxylic acids is 1. The summed E-state index contributed by atoms with van der Waals surface area (Å²) >= 11 is 7.23. The van der Waals surface area contributed by atoms with Crippen LogP contribution in [0.4, 0.5) is 9.52 Å². The number of nitrogens with one attached hydrogen (secondary N) is 1. The minimum Gasteiger partial charge on any atom is -0.298 e. The molecule has 0 unspecified atom stereocenters. The van der Waals surface area contributed by atoms with Crippen LogP contribution >= 0.6 is 22.9 Å². The Bertz CT molecular complexity index is 1400. The predicted octanol–water partition coefficient (Wildman–Crippen LogP) is 6.19. The van der Waals surface area contributed by atoms with Gasteiger partial charge in [-0.15, -0.1) is 0 Å². The molecular weight excluding hydrogens is 435 g/mol. The molecule has 0 spiro atoms. The highest BCUT2D eigenvalue weighted by Crippen LogP contribution is 2.29. The second-order valence-corrected chi connectivity index (χ2v) is 8.23. The largest absolute Gasteiger partial charge is 0.298 e. The average Bonchev–Trinajstić information content (AvgIpc) is 3.39. The fourth-order valence-corrected chi connectivity index (χ4v) is 4.20. The number of benzene rings is 3. The lowest BCUT2D eigenvalue weighted by atomic mass is 10.1. The van der Waals surface area contributed by atoms with Gasteiger partial charge >= 0.3 is 0 Å². The highest BCUT2D eigenvalue weighted by atomic mass is 35.5. The number of carbonyl (C=O) groups is 1. The zero-order chi connectivity index (χ0) is 21.4. The maximum absolute atomic E-state index is 13.5. The number of fused-ring (bicyclic) bond motifs is 1. The Morgan fingerprint density at radius 1 is 1.03 bits per heavy atom. The Balaban J connectivity index is 1.54. The number of aromatic nitrogens is 3. The van der Waals surface area contributed by atoms with E-state index in [1.165, 1.54) is 23.5 Å². The first-order valence-corrected chi connectivity index (χ1v) is 10.5. The van der Waals surface area contributed by atoms with E-state index in [-0.39, 0.29) is 11.7 Å². The molecule has 8 heteroatoms. The van der Waals surface area contributed by atoms with Crippen molar-refractivity contribution < 1.29 is 9.18 Å². The Hall–Kier alpha value is -3.55. The van der Waals surface area contributed by atoms with Crippen LogP contribution in [0.15, 0.2) is 79.0 Å². The van der Waals surface area contributed by atoms with Crippen LogP contribution in [-0.4, -0.2) is 20.7 Å². The number of anilines is 1. The van der Waals surface area contributed by atoms with Gasteiger partial charge in [0.05, 0.1) is 21.5 Å². The van der Waals surface area contributed by atoms with E-state index in [9.17, 15) is 9.18 Å². The first kappa shape index (κ1) is 19.4. The zero-order valence-electron chi connectivity index (χ0n) is 15.9. The highest BCUT2D eigenvalue weighted by molar-refractivity contribution is 7.22. The maximum Gasteiger partial charge on any atom is 0.261 e. The SMILES string of the molecule is O=C(Nc1nc2ccc(F)cc2s1)c1cn(-c2ccccc2)nc1-c1ccc(Cl)cc1. The van der Waals surface area contributed by atoms with Gasteiger partial charge in [-0.05, 0) is 42.5 Å². The van der Waals surface area contributed by atoms with Crippen molar-refractivity contribution >= 4 is 44.2 Å². The molecule has 0 saturated carbocycles. The van der Waals surface area contributed by atoms with Gasteiger partial charge in [0.25, 0.3) is 5.91 Å². The van der Waals surface area contributed by atoms with E-state index in [1.807, 2.05) is 42.5 Å². The molecule has 0 radical (unpaired) electrons. The molecule has 5 aromatic rings. The van der Waals surface area contributed by atoms with Gasteiger partial charge in [0.15, 0.2) is 5.13 Å². The summed E-state index contributed by atoms with van der Waals surface area (Å²) in [6, 6.07) is 21.0. The van der Waals surface area contributed by atoms with E-state index < -0.39 is 0 Å². The minimum absolute atomic E-state index is 0.344. The summed E-state index contributed by atoms with van der Waals surface area (Å²) < 4.78 is 15.8. The summed E-state index contributed by atoms with van der Waals surface area (Å²) in [7, 11) is 0. The molecule has 0 bridgehead atoms. The van der Waals surface area contributed by atoms with Gasteiger partial charge < -0.3 is 0 Å². The van der Waals surface area contributed by atoms with E-state index in [2.05, 4.69) is 15.4 Å². The Kier molecular flexibility index (Phi) is 4.97. The molecule has 5 nitrogen and oxygen atoms in total. The number of hydrogen-bond acceptors (Lipinski definition) is 4. The van der Waals surface area contributed by atoms with Gasteiger partial charge in [0, 0.05) is 16.8 Å². The van der Waals surface area contributed by atoms with Gasteiger partial charge in [-0.3, -0.25) is 10.1 Å². The topological polar surface area (TPSA) is 59.8 Å². The lowest BCUT2D eigenvalue weighted by Crippen LogP contribution is -2.12. The van der Waals surface area contributed by atoms with Crippen molar-refractivity contribution in [3.63, 3.8) is 0 Å². The van der Waals surface area contributed by atoms with Crippen molar-refractivity contribution in [1.82, 2.24) is 14.8 Å². The molecule has 31 heavy (non-hydrogen) atoms. The molecule has 152 valence electrons. The third-order valence-corrected chi connectivity index (χ3v) is 5.85. The molecule has 0 aliphatic rings. The summed E-state index contributed by atoms with van der Waals surface area (Å²) in [4.78, 5) is 17.5. The first-order chi connectivity index (χ1) is 15.1. The van der Waals surface area contributed by atoms with Crippen LogP contribution in [0.3, 0.4) is 0 Å². The maximum atomic E-state index is 13.5. The van der Waals surface area contributed by atoms with Crippen molar-refractivity contribution in [3.8, 4) is 16.9 Å². The first-order valence-electron chi connectivity index (χ1n) is 9.35. The highest BCUT2D eigenvalue weighted by Gasteiger charge is 2.20. The van der Waals surface area contributed by atoms with Crippen LogP contribution in [-0.2, 0) is 0 Å². The second-order valence-electron chi connectivity index (χ2n) is 6.76. The smallest absolute Gasteiger partial charge is 0.261 e. The van der Waals surface area contributed by atoms with Gasteiger partial charge in [0.1, 0.15) is 11.5 Å². The van der Waals surface area contributed by atoms with Crippen LogP contribution in [0.25, 0.3) is 27.2 Å². The van der Waals surface area contributed by atoms with E-state index >= 15 is 0 Å². The van der Waals surface area contributed by atoms with Crippen molar-refractivity contribution in [2.75, 3.05) is 5.32 Å². The predicted molar refractivity (Wildman–Crippen MR) is 122 cm³/mol. The van der Waals surface area contributed by atoms with Crippen LogP contribution in [0, 0.1) is 5.82 Å². The van der Waals surface area contributed by atoms with Gasteiger partial charge in [-0.25, -0.2) is 14.1 Å². The number of halogens is 2. The van der Waals surface area contributed by atoms with Crippen molar-refractivity contribution in [1.29, 1.82) is 0 Å². The van der Waals surface area contributed by atoms with Crippen LogP contribution in [0.5, 0.6) is 0 Å². The lowest BCUT2D eigenvalue weighted by Gasteiger charge is -2.03. The molecule has 2 aromatic heterocycles. The molecular formula is C23H14ClFN4OS. The number of thiazole rings is 1. The quantitative estimate of drug-likeness (QED) is 0.356. The molecule has 0 saturated heterocycles. The summed E-state index contributed by atoms with van der Waals surface area (Å²) in [6.07, 6.45) is 1.68. The third kappa shape index (κ3) is 3.93. The molecule has 3 aromatic carbocycles. The lowest BCUT2D eigenvalue weighted by molar-refractivity contribution is 0.102. The molecule has 0 fully saturated rings. The van der Waals surface area contributed by atoms with Gasteiger partial charge in [0.2, 0.25) is 0 Å². The molecule has 2 heterocycles. The molecule has 0 aliphatic carbocycles. The van der Waals surface area contributed by atoms with Crippen molar-refractivity contribution in [3.05, 3.63) is 95.4 Å². The standard InChI is InChI=1S/C23H14ClFN4OS/c24-15-8-6-14(7-9-15)21-18(13-29(28-21)17-4-2-1-3-5-17)22(30)27-23-26-19-11-10-16(25)12-20(19)31-23/h1-13H,(H,26,27,30). The van der Waals surface area contributed by atoms with Gasteiger partial charge in [-0.2, -0.15) is 5.10 Å². The van der Waals surface area contributed by atoms with E-state index in [0.29, 0.717) is 31.6 Å². The monoisotopic (exact) mass is 448 g/mol. The summed E-state index contributed by atoms with van der Waals surface area (Å²) in [5.41, 5.74) is 3.12. The minimum atomic E-state index is -0.355. The molecule has 0 aliphatic heterocycles. The van der Waals surface area contributed by atoms with E-state index in [4.69, 9.17) is 11.6 Å². The van der Waals surface area contributed by atoms with Crippen molar-refractivity contribution in [2.24, 2.45) is 0 Å². The van der Waals surface area contributed by atoms with Crippen LogP contribution < -0.4 is 5.32 Å². The molecule has 5 rings (SSSR count). The summed E-state index contributed by atoms with van der Waals surface area (Å²) in [5.74, 6) is -0.699. The Morgan fingerprint density at radius 3 is 2.58 bits per heavy atom. The second kappa shape index (κ2) is 7.94. The average molecular weight is 449 g/mol. The molecule has 1 N–H and O–H groups in total. The number of rotatable bonds is 4. The van der Waals surface area contributed by atoms with Crippen LogP contribution in [0.2, 0.25) is 5.02 Å². The Labute approximate surface area is 185 Å². The summed E-state index contributed by atoms with van der Waals surface area (Å²) in [6.45, 7) is 0. The number of amides is 1. The summed E-state index contributed by atoms with van der Waals surface area (Å²) in [5, 5.41) is 8.45. The fraction of sp³-hybridized carbons (Fsp3) is 0. The van der Waals surface area contributed by atoms with Gasteiger partial charge in [-0.1, -0.05) is 53.3 Å². The van der Waals surface area contributed by atoms with Crippen molar-refractivity contribution in [2.45, 2.75) is 0 Å². The van der Waals surface area contributed by atoms with E-state index in [0.717, 1.165) is 11.3 Å².